The van der Waals surface area contributed by atoms with Crippen LogP contribution in [0.25, 0.3) is 0 Å². The van der Waals surface area contributed by atoms with Gasteiger partial charge in [-0.05, 0) is 11.8 Å². The van der Waals surface area contributed by atoms with Crippen molar-refractivity contribution in [2.24, 2.45) is 11.8 Å². The van der Waals surface area contributed by atoms with E-state index in [1.807, 2.05) is 0 Å². The molecule has 2 unspecified atom stereocenters. The average molecular weight is 172 g/mol. The lowest BCUT2D eigenvalue weighted by Crippen LogP contribution is -2.04. The van der Waals surface area contributed by atoms with Crippen molar-refractivity contribution in [1.82, 2.24) is 0 Å². The first kappa shape index (κ1) is 14.5. The van der Waals surface area contributed by atoms with Crippen molar-refractivity contribution >= 4 is 0 Å². The van der Waals surface area contributed by atoms with Gasteiger partial charge in [-0.1, -0.05) is 67.2 Å². The molecule has 0 amide bonds. The van der Waals surface area contributed by atoms with Crippen LogP contribution in [0.5, 0.6) is 0 Å². The Bertz CT molecular complexity index is 56.4. The summed E-state index contributed by atoms with van der Waals surface area (Å²) in [5, 5.41) is 0. The number of rotatable bonds is 4. The van der Waals surface area contributed by atoms with Crippen LogP contribution in [-0.4, -0.2) is 0 Å². The van der Waals surface area contributed by atoms with Crippen molar-refractivity contribution in [3.63, 3.8) is 0 Å². The van der Waals surface area contributed by atoms with Gasteiger partial charge < -0.3 is 0 Å². The van der Waals surface area contributed by atoms with Gasteiger partial charge in [0.15, 0.2) is 0 Å². The molecule has 0 rings (SSSR count). The molecule has 0 aromatic heterocycles. The average Bonchev–Trinajstić information content (AvgIpc) is 2.15. The van der Waals surface area contributed by atoms with Crippen molar-refractivity contribution in [2.75, 3.05) is 0 Å². The first-order chi connectivity index (χ1) is 5.63. The summed E-state index contributed by atoms with van der Waals surface area (Å²) in [4.78, 5) is 0. The second-order valence-corrected chi connectivity index (χ2v) is 3.77. The maximum Gasteiger partial charge on any atom is -0.0420 e. The predicted molar refractivity (Wildman–Crippen MR) is 59.5 cm³/mol. The highest BCUT2D eigenvalue weighted by Gasteiger charge is 2.05. The second-order valence-electron chi connectivity index (χ2n) is 3.77. The highest BCUT2D eigenvalue weighted by Crippen LogP contribution is 2.16. The fourth-order valence-corrected chi connectivity index (χ4v) is 0.805. The van der Waals surface area contributed by atoms with Crippen molar-refractivity contribution in [3.05, 3.63) is 0 Å². The lowest BCUT2D eigenvalue weighted by Gasteiger charge is -2.14. The highest BCUT2D eigenvalue weighted by molar-refractivity contribution is 4.56. The smallest absolute Gasteiger partial charge is 0.0420 e. The van der Waals surface area contributed by atoms with Crippen molar-refractivity contribution in [1.29, 1.82) is 0 Å². The van der Waals surface area contributed by atoms with Gasteiger partial charge in [0.25, 0.3) is 0 Å². The summed E-state index contributed by atoms with van der Waals surface area (Å²) in [5.74, 6) is 1.83. The summed E-state index contributed by atoms with van der Waals surface area (Å²) in [6, 6.07) is 0. The van der Waals surface area contributed by atoms with E-state index < -0.39 is 0 Å². The minimum absolute atomic E-state index is 0.917. The van der Waals surface area contributed by atoms with Crippen LogP contribution >= 0.6 is 0 Å². The minimum atomic E-state index is 0.917. The van der Waals surface area contributed by atoms with Crippen molar-refractivity contribution in [3.8, 4) is 0 Å². The van der Waals surface area contributed by atoms with Gasteiger partial charge in [-0.2, -0.15) is 0 Å². The molecular formula is C12H28. The summed E-state index contributed by atoms with van der Waals surface area (Å²) in [5.41, 5.74) is 0. The summed E-state index contributed by atoms with van der Waals surface area (Å²) >= 11 is 0. The molecule has 0 nitrogen and oxygen atoms in total. The van der Waals surface area contributed by atoms with Crippen LogP contribution < -0.4 is 0 Å². The standard InChI is InChI=1S/C8H18.C4H10/c1-5-7(3)8(4)6-2;1-3-4-2/h7-8H,5-6H2,1-4H3;3-4H2,1-2H3. The van der Waals surface area contributed by atoms with Crippen molar-refractivity contribution in [2.45, 2.75) is 67.2 Å². The van der Waals surface area contributed by atoms with Gasteiger partial charge in [0, 0.05) is 0 Å². The Morgan fingerprint density at radius 1 is 0.667 bits per heavy atom. The molecule has 0 saturated heterocycles. The van der Waals surface area contributed by atoms with E-state index in [1.165, 1.54) is 25.7 Å². The maximum atomic E-state index is 2.33. The van der Waals surface area contributed by atoms with Crippen LogP contribution in [0.2, 0.25) is 0 Å². The Balaban J connectivity index is 0. The summed E-state index contributed by atoms with van der Waals surface area (Å²) < 4.78 is 0. The molecule has 0 aliphatic heterocycles. The molecular weight excluding hydrogens is 144 g/mol. The van der Waals surface area contributed by atoms with Crippen LogP contribution in [0.3, 0.4) is 0 Å². The quantitative estimate of drug-likeness (QED) is 0.566. The largest absolute Gasteiger partial charge is 0.0654 e. The van der Waals surface area contributed by atoms with E-state index in [-0.39, 0.29) is 0 Å². The van der Waals surface area contributed by atoms with Crippen LogP contribution in [0.15, 0.2) is 0 Å². The summed E-state index contributed by atoms with van der Waals surface area (Å²) in [7, 11) is 0. The lowest BCUT2D eigenvalue weighted by molar-refractivity contribution is 0.367. The van der Waals surface area contributed by atoms with Crippen LogP contribution in [0.1, 0.15) is 67.2 Å². The predicted octanol–water partition coefficient (Wildman–Crippen LogP) is 4.89. The van der Waals surface area contributed by atoms with E-state index in [2.05, 4.69) is 41.5 Å². The van der Waals surface area contributed by atoms with E-state index in [9.17, 15) is 0 Å². The van der Waals surface area contributed by atoms with Gasteiger partial charge in [0.2, 0.25) is 0 Å². The Morgan fingerprint density at radius 3 is 1.00 bits per heavy atom. The zero-order chi connectivity index (χ0) is 9.98. The molecule has 0 aliphatic carbocycles. The lowest BCUT2D eigenvalue weighted by atomic mass is 9.92. The molecule has 0 heteroatoms. The van der Waals surface area contributed by atoms with Gasteiger partial charge in [-0.15, -0.1) is 0 Å². The summed E-state index contributed by atoms with van der Waals surface area (Å²) in [6.45, 7) is 13.5. The number of unbranched alkanes of at least 4 members (excludes halogenated alkanes) is 1. The van der Waals surface area contributed by atoms with Crippen molar-refractivity contribution < 1.29 is 0 Å². The number of hydrogen-bond acceptors (Lipinski definition) is 0. The topological polar surface area (TPSA) is 0 Å². The Labute approximate surface area is 79.8 Å². The van der Waals surface area contributed by atoms with Gasteiger partial charge in [0.05, 0.1) is 0 Å². The molecule has 0 saturated carbocycles. The van der Waals surface area contributed by atoms with Gasteiger partial charge >= 0.3 is 0 Å². The third kappa shape index (κ3) is 10.0. The fraction of sp³-hybridized carbons (Fsp3) is 1.00. The molecule has 0 heterocycles. The molecule has 0 fully saturated rings. The Hall–Kier alpha value is 0. The molecule has 0 aliphatic rings. The molecule has 2 atom stereocenters. The monoisotopic (exact) mass is 172 g/mol. The number of hydrogen-bond donors (Lipinski definition) is 0. The van der Waals surface area contributed by atoms with Gasteiger partial charge in [-0.25, -0.2) is 0 Å². The van der Waals surface area contributed by atoms with Gasteiger partial charge in [-0.3, -0.25) is 0 Å². The Kier molecular flexibility index (Phi) is 13.3. The van der Waals surface area contributed by atoms with Crippen LogP contribution in [0, 0.1) is 11.8 Å². The first-order valence-electron chi connectivity index (χ1n) is 5.63. The van der Waals surface area contributed by atoms with E-state index >= 15 is 0 Å². The molecule has 0 N–H and O–H groups in total. The normalized spacial score (nSPS) is 14.5. The summed E-state index contributed by atoms with van der Waals surface area (Å²) in [6.07, 6.45) is 5.30. The first-order valence-corrected chi connectivity index (χ1v) is 5.63. The molecule has 0 aromatic rings. The maximum absolute atomic E-state index is 2.33. The fourth-order valence-electron chi connectivity index (χ4n) is 0.805. The van der Waals surface area contributed by atoms with E-state index in [4.69, 9.17) is 0 Å². The van der Waals surface area contributed by atoms with E-state index in [0.29, 0.717) is 0 Å². The van der Waals surface area contributed by atoms with Crippen LogP contribution in [0.4, 0.5) is 0 Å². The van der Waals surface area contributed by atoms with E-state index in [1.54, 1.807) is 0 Å². The van der Waals surface area contributed by atoms with E-state index in [0.717, 1.165) is 11.8 Å². The molecule has 76 valence electrons. The highest BCUT2D eigenvalue weighted by atomic mass is 14.1. The molecule has 0 spiro atoms. The third-order valence-electron chi connectivity index (χ3n) is 2.76. The minimum Gasteiger partial charge on any atom is -0.0654 e. The third-order valence-corrected chi connectivity index (χ3v) is 2.76. The Morgan fingerprint density at radius 2 is 0.917 bits per heavy atom. The molecule has 12 heavy (non-hydrogen) atoms. The SMILES string of the molecule is CCC(C)C(C)CC.CCCC. The molecule has 0 radical (unpaired) electrons. The molecule has 0 aromatic carbocycles. The molecule has 0 bridgehead atoms. The second kappa shape index (κ2) is 11.0. The zero-order valence-electron chi connectivity index (χ0n) is 9.98. The zero-order valence-corrected chi connectivity index (χ0v) is 9.98. The van der Waals surface area contributed by atoms with Gasteiger partial charge in [0.1, 0.15) is 0 Å². The van der Waals surface area contributed by atoms with Crippen LogP contribution in [-0.2, 0) is 0 Å².